The number of allylic oxidation sites excluding steroid dienone is 2. The summed E-state index contributed by atoms with van der Waals surface area (Å²) in [6, 6.07) is 91.8. The maximum Gasteiger partial charge on any atom is 0.489 e. The number of methoxy groups -OCH3 is 1. The molecule has 2 unspecified atom stereocenters. The third-order valence-corrected chi connectivity index (χ3v) is 24.2. The monoisotopic (exact) mass is 1410 g/mol. The second kappa shape index (κ2) is 30.8. The molecule has 0 aromatic heterocycles. The van der Waals surface area contributed by atoms with Crippen molar-refractivity contribution in [2.24, 2.45) is 0 Å². The van der Waals surface area contributed by atoms with Gasteiger partial charge in [-0.15, -0.1) is 23.5 Å². The van der Waals surface area contributed by atoms with Gasteiger partial charge in [0, 0.05) is 116 Å². The molecule has 11 aromatic rings. The normalized spacial score (nSPS) is 14.3. The van der Waals surface area contributed by atoms with Gasteiger partial charge in [0.15, 0.2) is 0 Å². The Morgan fingerprint density at radius 2 is 0.744 bits per heavy atom. The van der Waals surface area contributed by atoms with E-state index in [0.29, 0.717) is 16.0 Å². The third-order valence-electron chi connectivity index (χ3n) is 14.8. The molecule has 11 aromatic carbocycles. The van der Waals surface area contributed by atoms with Crippen LogP contribution in [0.5, 0.6) is 0 Å². The van der Waals surface area contributed by atoms with Gasteiger partial charge in [0.05, 0.1) is 0 Å². The molecule has 1 aliphatic carbocycles. The molecule has 14 heteroatoms. The third kappa shape index (κ3) is 15.2. The Bertz CT molecular complexity index is 4230. The van der Waals surface area contributed by atoms with E-state index in [1.54, 1.807) is 36.7 Å². The van der Waals surface area contributed by atoms with Gasteiger partial charge in [-0.25, -0.2) is 0 Å². The molecule has 2 atom stereocenters. The Labute approximate surface area is 571 Å². The number of anilines is 6. The summed E-state index contributed by atoms with van der Waals surface area (Å²) in [5, 5.41) is 19.7. The first kappa shape index (κ1) is 63.6. The van der Waals surface area contributed by atoms with Crippen molar-refractivity contribution in [3.05, 3.63) is 294 Å². The summed E-state index contributed by atoms with van der Waals surface area (Å²) in [5.41, 5.74) is 12.5. The number of hydrogen-bond acceptors (Lipinski definition) is 11. The van der Waals surface area contributed by atoms with E-state index in [2.05, 4.69) is 297 Å². The highest BCUT2D eigenvalue weighted by Crippen LogP contribution is 2.54. The van der Waals surface area contributed by atoms with E-state index < -0.39 is 7.12 Å². The number of para-hydroxylation sites is 2. The van der Waals surface area contributed by atoms with Crippen LogP contribution in [-0.4, -0.2) is 41.4 Å². The van der Waals surface area contributed by atoms with Crippen LogP contribution in [0.15, 0.2) is 343 Å². The van der Waals surface area contributed by atoms with Crippen LogP contribution in [0.3, 0.4) is 0 Å². The second-order valence-electron chi connectivity index (χ2n) is 20.9. The van der Waals surface area contributed by atoms with Crippen molar-refractivity contribution in [3.8, 4) is 22.3 Å². The number of halogens is 2. The fraction of sp³-hybridized carbons (Fsp3) is 0.0789. The molecule has 2 N–H and O–H groups in total. The summed E-state index contributed by atoms with van der Waals surface area (Å²) < 4.78 is 6.85. The van der Waals surface area contributed by atoms with Crippen LogP contribution < -0.4 is 15.3 Å². The molecular weight excluding hydrogens is 1350 g/mol. The van der Waals surface area contributed by atoms with Crippen LogP contribution >= 0.6 is 102 Å². The summed E-state index contributed by atoms with van der Waals surface area (Å²) >= 11 is 18.0. The number of hydrogen-bond donors (Lipinski definition) is 2. The fourth-order valence-corrected chi connectivity index (χ4v) is 18.8. The lowest BCUT2D eigenvalue weighted by atomic mass is 9.80. The van der Waals surface area contributed by atoms with Crippen molar-refractivity contribution in [3.63, 3.8) is 0 Å². The van der Waals surface area contributed by atoms with E-state index in [1.807, 2.05) is 77.4 Å². The Morgan fingerprint density at radius 3 is 1.19 bits per heavy atom. The summed E-state index contributed by atoms with van der Waals surface area (Å²) in [4.78, 5) is 17.1. The highest BCUT2D eigenvalue weighted by atomic mass is 79.9. The molecule has 0 bridgehead atoms. The number of thioether (sulfide) groups is 2. The van der Waals surface area contributed by atoms with E-state index in [1.165, 1.54) is 56.5 Å². The van der Waals surface area contributed by atoms with Crippen molar-refractivity contribution in [1.29, 1.82) is 0 Å². The van der Waals surface area contributed by atoms with Crippen LogP contribution in [-0.2, 0) is 4.74 Å². The summed E-state index contributed by atoms with van der Waals surface area (Å²) in [7, 11) is 0.298. The molecule has 446 valence electrons. The maximum atomic E-state index is 9.36. The summed E-state index contributed by atoms with van der Waals surface area (Å²) in [5.74, 6) is 0. The molecular formula is C76H61BBr2N2O3S6. The predicted octanol–water partition coefficient (Wildman–Crippen LogP) is 22.9. The standard InChI is InChI=1S/C42H29NS4.C18H13Br2N.C12H9BO2S2.C4H10O/c1-2-10-30(11-3-1)43(31-24-20-28(21-25-31)33-12-8-18-39-41(33)46-37-16-6-4-14-35(37)44-39)32-26-22-29(23-27-32)34-13-9-19-40-42(34)47-38-17-7-5-15-36(38)45-40;19-14-6-10-17(11-7-14)21(16-4-2-1-3-5-16)18-12-8-15(20)9-13-18;14-13(15)8-4-3-7-11-12(8)17-10-6-2-1-5-9(10)16-11;1-3-4-5-2/h1-27,35,37H;1-13H;1-7,14-15H;3-4H2,1-2H3. The second-order valence-corrected chi connectivity index (χ2v) is 29.4. The molecule has 15 rings (SSSR count). The van der Waals surface area contributed by atoms with Gasteiger partial charge >= 0.3 is 7.12 Å². The van der Waals surface area contributed by atoms with Crippen molar-refractivity contribution in [1.82, 2.24) is 0 Å². The first-order valence-corrected chi connectivity index (χ1v) is 36.0. The Balaban J connectivity index is 0.000000149. The first-order valence-electron chi connectivity index (χ1n) is 29.4. The molecule has 0 spiro atoms. The highest BCUT2D eigenvalue weighted by Gasteiger charge is 2.30. The topological polar surface area (TPSA) is 56.2 Å². The minimum absolute atomic E-state index is 0.476. The molecule has 0 amide bonds. The zero-order valence-electron chi connectivity index (χ0n) is 49.2. The molecule has 0 saturated heterocycles. The van der Waals surface area contributed by atoms with Crippen molar-refractivity contribution >= 4 is 149 Å². The summed E-state index contributed by atoms with van der Waals surface area (Å²) in [6.07, 6.45) is 10.2. The molecule has 0 radical (unpaired) electrons. The zero-order chi connectivity index (χ0) is 61.8. The Kier molecular flexibility index (Phi) is 21.7. The van der Waals surface area contributed by atoms with Gasteiger partial charge in [-0.2, -0.15) is 0 Å². The Hall–Kier alpha value is -6.50. The van der Waals surface area contributed by atoms with Gasteiger partial charge in [-0.3, -0.25) is 0 Å². The van der Waals surface area contributed by atoms with Gasteiger partial charge in [0.25, 0.3) is 0 Å². The molecule has 3 heterocycles. The van der Waals surface area contributed by atoms with E-state index >= 15 is 0 Å². The zero-order valence-corrected chi connectivity index (χ0v) is 57.3. The fourth-order valence-electron chi connectivity index (χ4n) is 10.6. The average Bonchev–Trinajstić information content (AvgIpc) is 0.904. The molecule has 4 aliphatic rings. The van der Waals surface area contributed by atoms with E-state index in [-0.39, 0.29) is 0 Å². The van der Waals surface area contributed by atoms with Crippen LogP contribution in [0.25, 0.3) is 22.3 Å². The van der Waals surface area contributed by atoms with Gasteiger partial charge in [0.2, 0.25) is 0 Å². The van der Waals surface area contributed by atoms with Crippen molar-refractivity contribution < 1.29 is 14.8 Å². The maximum absolute atomic E-state index is 9.36. The minimum atomic E-state index is -1.41. The van der Waals surface area contributed by atoms with Crippen molar-refractivity contribution in [2.45, 2.75) is 72.8 Å². The first-order chi connectivity index (χ1) is 44.2. The van der Waals surface area contributed by atoms with Crippen LogP contribution in [0, 0.1) is 0 Å². The van der Waals surface area contributed by atoms with Gasteiger partial charge in [-0.1, -0.05) is 231 Å². The predicted molar refractivity (Wildman–Crippen MR) is 394 cm³/mol. The average molecular weight is 1410 g/mol. The summed E-state index contributed by atoms with van der Waals surface area (Å²) in [6.45, 7) is 2.98. The van der Waals surface area contributed by atoms with Gasteiger partial charge in [-0.05, 0) is 174 Å². The number of nitrogens with zero attached hydrogens (tertiary/aromatic N) is 2. The van der Waals surface area contributed by atoms with Crippen LogP contribution in [0.1, 0.15) is 13.3 Å². The van der Waals surface area contributed by atoms with Gasteiger partial charge in [0.1, 0.15) is 0 Å². The molecule has 5 nitrogen and oxygen atoms in total. The van der Waals surface area contributed by atoms with Crippen LogP contribution in [0.4, 0.5) is 34.1 Å². The van der Waals surface area contributed by atoms with E-state index in [0.717, 1.165) is 70.8 Å². The number of rotatable bonds is 11. The smallest absolute Gasteiger partial charge is 0.423 e. The lowest BCUT2D eigenvalue weighted by molar-refractivity contribution is 0.199. The molecule has 90 heavy (non-hydrogen) atoms. The van der Waals surface area contributed by atoms with Crippen LogP contribution in [0.2, 0.25) is 0 Å². The SMILES string of the molecule is Brc1ccc(N(c2ccccc2)c2ccc(Br)cc2)cc1.C1=CC2Sc3cccc(-c4ccc(N(c5ccccc5)c5ccc(-c6cccc7c6Sc6ccccc6S7)cc5)cc4)c3SC2C=C1.CCCOC.OB(O)c1cccc2c1Sc1ccccc1S2. The van der Waals surface area contributed by atoms with Gasteiger partial charge < -0.3 is 24.6 Å². The minimum Gasteiger partial charge on any atom is -0.423 e. The Morgan fingerprint density at radius 1 is 0.378 bits per heavy atom. The highest BCUT2D eigenvalue weighted by molar-refractivity contribution is 9.10. The number of fused-ring (bicyclic) bond motifs is 6. The largest absolute Gasteiger partial charge is 0.489 e. The molecule has 0 fully saturated rings. The lowest BCUT2D eigenvalue weighted by Crippen LogP contribution is -2.32. The number of ether oxygens (including phenoxy) is 1. The molecule has 0 saturated carbocycles. The van der Waals surface area contributed by atoms with E-state index in [4.69, 9.17) is 4.74 Å². The van der Waals surface area contributed by atoms with E-state index in [9.17, 15) is 10.0 Å². The van der Waals surface area contributed by atoms with Crippen molar-refractivity contribution in [2.75, 3.05) is 23.5 Å². The number of benzene rings is 11. The quantitative estimate of drug-likeness (QED) is 0.122. The lowest BCUT2D eigenvalue weighted by Gasteiger charge is -2.31. The molecule has 3 aliphatic heterocycles.